The van der Waals surface area contributed by atoms with E-state index in [1.54, 1.807) is 50.2 Å². The van der Waals surface area contributed by atoms with E-state index < -0.39 is 42.7 Å². The van der Waals surface area contributed by atoms with Crippen LogP contribution in [0.15, 0.2) is 48.5 Å². The molecule has 12 nitrogen and oxygen atoms in total. The van der Waals surface area contributed by atoms with Gasteiger partial charge in [0, 0.05) is 0 Å². The van der Waals surface area contributed by atoms with Gasteiger partial charge < -0.3 is 38.9 Å². The lowest BCUT2D eigenvalue weighted by Gasteiger charge is -2.22. The molecule has 0 amide bonds. The smallest absolute Gasteiger partial charge is 0.458 e. The molecule has 3 atom stereocenters. The van der Waals surface area contributed by atoms with Gasteiger partial charge in [0.05, 0.1) is 13.2 Å². The van der Waals surface area contributed by atoms with Gasteiger partial charge >= 0.3 is 24.4 Å². The summed E-state index contributed by atoms with van der Waals surface area (Å²) in [6, 6.07) is 11.6. The van der Waals surface area contributed by atoms with Crippen molar-refractivity contribution in [1.82, 2.24) is 0 Å². The molecule has 2 rings (SSSR count). The molecule has 42 heavy (non-hydrogen) atoms. The summed E-state index contributed by atoms with van der Waals surface area (Å²) >= 11 is 0. The normalized spacial score (nSPS) is 13.0. The van der Waals surface area contributed by atoms with Gasteiger partial charge in [0.1, 0.15) is 24.0 Å². The maximum Gasteiger partial charge on any atom is 0.514 e. The van der Waals surface area contributed by atoms with Crippen molar-refractivity contribution in [3.63, 3.8) is 0 Å². The molecule has 0 fully saturated rings. The molecule has 0 unspecified atom stereocenters. The van der Waals surface area contributed by atoms with Gasteiger partial charge in [-0.2, -0.15) is 0 Å². The molecule has 2 aromatic carbocycles. The van der Waals surface area contributed by atoms with Crippen molar-refractivity contribution >= 4 is 24.4 Å². The third-order valence-corrected chi connectivity index (χ3v) is 5.41. The number of hydrogen-bond donors (Lipinski definition) is 1. The van der Waals surface area contributed by atoms with Gasteiger partial charge in [0.25, 0.3) is 0 Å². The van der Waals surface area contributed by atoms with Crippen molar-refractivity contribution in [1.29, 1.82) is 0 Å². The Kier molecular flexibility index (Phi) is 13.6. The Morgan fingerprint density at radius 3 is 1.79 bits per heavy atom. The zero-order chi connectivity index (χ0) is 31.2. The molecule has 0 aromatic heterocycles. The van der Waals surface area contributed by atoms with Gasteiger partial charge in [-0.05, 0) is 61.9 Å². The van der Waals surface area contributed by atoms with Crippen molar-refractivity contribution in [3.8, 4) is 17.2 Å². The van der Waals surface area contributed by atoms with Crippen molar-refractivity contribution in [2.24, 2.45) is 17.6 Å². The molecule has 0 bridgehead atoms. The van der Waals surface area contributed by atoms with Crippen LogP contribution in [0.2, 0.25) is 0 Å². The monoisotopic (exact) mass is 589 g/mol. The number of para-hydroxylation sites is 1. The largest absolute Gasteiger partial charge is 0.514 e. The highest BCUT2D eigenvalue weighted by Gasteiger charge is 2.26. The summed E-state index contributed by atoms with van der Waals surface area (Å²) in [7, 11) is 0. The minimum atomic E-state index is -1.13. The van der Waals surface area contributed by atoms with Crippen LogP contribution in [-0.2, 0) is 30.2 Å². The number of esters is 1. The van der Waals surface area contributed by atoms with Crippen molar-refractivity contribution in [2.75, 3.05) is 13.2 Å². The summed E-state index contributed by atoms with van der Waals surface area (Å²) in [5.74, 6) is -0.516. The molecular formula is C30H39NO11. The Bertz CT molecular complexity index is 1180. The van der Waals surface area contributed by atoms with E-state index >= 15 is 0 Å². The molecule has 0 aliphatic carbocycles. The molecule has 12 heteroatoms. The predicted octanol–water partition coefficient (Wildman–Crippen LogP) is 5.44. The highest BCUT2D eigenvalue weighted by molar-refractivity contribution is 5.76. The van der Waals surface area contributed by atoms with Crippen molar-refractivity contribution in [3.05, 3.63) is 54.1 Å². The number of hydrogen-bond acceptors (Lipinski definition) is 12. The first-order valence-electron chi connectivity index (χ1n) is 13.6. The third kappa shape index (κ3) is 12.5. The van der Waals surface area contributed by atoms with E-state index in [0.717, 1.165) is 0 Å². The van der Waals surface area contributed by atoms with E-state index in [1.165, 1.54) is 12.1 Å². The van der Waals surface area contributed by atoms with Crippen LogP contribution in [0.5, 0.6) is 17.2 Å². The van der Waals surface area contributed by atoms with Gasteiger partial charge in [-0.25, -0.2) is 14.4 Å². The lowest BCUT2D eigenvalue weighted by molar-refractivity contribution is -0.155. The quantitative estimate of drug-likeness (QED) is 0.179. The minimum Gasteiger partial charge on any atom is -0.458 e. The first kappa shape index (κ1) is 33.9. The van der Waals surface area contributed by atoms with Crippen LogP contribution in [0.25, 0.3) is 0 Å². The molecule has 0 aliphatic heterocycles. The fourth-order valence-corrected chi connectivity index (χ4v) is 3.11. The van der Waals surface area contributed by atoms with E-state index in [-0.39, 0.29) is 43.0 Å². The Balaban J connectivity index is 2.02. The lowest BCUT2D eigenvalue weighted by Crippen LogP contribution is -2.39. The van der Waals surface area contributed by atoms with E-state index in [0.29, 0.717) is 11.3 Å². The molecule has 0 saturated carbocycles. The van der Waals surface area contributed by atoms with Gasteiger partial charge in [0.2, 0.25) is 0 Å². The van der Waals surface area contributed by atoms with Crippen LogP contribution in [0.4, 0.5) is 14.4 Å². The molecule has 0 spiro atoms. The van der Waals surface area contributed by atoms with Crippen LogP contribution in [0, 0.1) is 11.8 Å². The standard InChI is InChI=1S/C30H39NO11/c1-18(2)16-36-28(33)41-25-13-12-22(15-26(25)42-29(34)37-17-19(3)4)14-24(31)27(32)38-20(5)21(6)39-30(35)40-23-10-8-7-9-11-23/h7-13,15,18-21,24H,14,16-17,31H2,1-6H3/t20-,21-,24-/m0/s1. The van der Waals surface area contributed by atoms with Gasteiger partial charge in [-0.3, -0.25) is 4.79 Å². The molecule has 230 valence electrons. The van der Waals surface area contributed by atoms with E-state index in [9.17, 15) is 19.2 Å². The molecular weight excluding hydrogens is 550 g/mol. The van der Waals surface area contributed by atoms with E-state index in [1.807, 2.05) is 27.7 Å². The summed E-state index contributed by atoms with van der Waals surface area (Å²) in [5.41, 5.74) is 6.55. The molecule has 2 N–H and O–H groups in total. The average Bonchev–Trinajstić information content (AvgIpc) is 2.92. The number of carbonyl (C=O) groups excluding carboxylic acids is 4. The van der Waals surface area contributed by atoms with E-state index in [2.05, 4.69) is 0 Å². The molecule has 0 heterocycles. The Morgan fingerprint density at radius 2 is 1.21 bits per heavy atom. The summed E-state index contributed by atoms with van der Waals surface area (Å²) in [4.78, 5) is 49.0. The molecule has 0 saturated heterocycles. The highest BCUT2D eigenvalue weighted by Crippen LogP contribution is 2.30. The van der Waals surface area contributed by atoms with E-state index in [4.69, 9.17) is 38.9 Å². The first-order valence-corrected chi connectivity index (χ1v) is 13.6. The fourth-order valence-electron chi connectivity index (χ4n) is 3.11. The third-order valence-electron chi connectivity index (χ3n) is 5.41. The second-order valence-electron chi connectivity index (χ2n) is 10.3. The van der Waals surface area contributed by atoms with Crippen molar-refractivity contribution in [2.45, 2.75) is 66.2 Å². The number of carbonyl (C=O) groups is 4. The Morgan fingerprint density at radius 1 is 0.667 bits per heavy atom. The number of rotatable bonds is 13. The zero-order valence-corrected chi connectivity index (χ0v) is 24.7. The summed E-state index contributed by atoms with van der Waals surface area (Å²) in [6.07, 6.45) is -4.62. The van der Waals surface area contributed by atoms with Crippen LogP contribution >= 0.6 is 0 Å². The summed E-state index contributed by atoms with van der Waals surface area (Å²) in [6.45, 7) is 10.8. The van der Waals surface area contributed by atoms with Crippen LogP contribution in [0.1, 0.15) is 47.1 Å². The molecule has 0 aliphatic rings. The first-order chi connectivity index (χ1) is 19.8. The second kappa shape index (κ2) is 16.8. The predicted molar refractivity (Wildman–Crippen MR) is 150 cm³/mol. The van der Waals surface area contributed by atoms with Crippen LogP contribution in [0.3, 0.4) is 0 Å². The number of nitrogens with two attached hydrogens (primary N) is 1. The zero-order valence-electron chi connectivity index (χ0n) is 24.7. The number of benzene rings is 2. The maximum absolute atomic E-state index is 12.7. The van der Waals surface area contributed by atoms with Gasteiger partial charge in [-0.1, -0.05) is 52.0 Å². The van der Waals surface area contributed by atoms with Gasteiger partial charge in [0.15, 0.2) is 11.5 Å². The minimum absolute atomic E-state index is 0.0215. The molecule has 0 radical (unpaired) electrons. The van der Waals surface area contributed by atoms with Crippen LogP contribution in [-0.4, -0.2) is 55.9 Å². The highest BCUT2D eigenvalue weighted by atomic mass is 16.7. The van der Waals surface area contributed by atoms with Crippen molar-refractivity contribution < 1.29 is 52.3 Å². The summed E-state index contributed by atoms with van der Waals surface area (Å²) in [5, 5.41) is 0. The Labute approximate surface area is 245 Å². The molecule has 2 aromatic rings. The fraction of sp³-hybridized carbons (Fsp3) is 0.467. The SMILES string of the molecule is CC(C)COC(=O)Oc1ccc(C[C@H](N)C(=O)O[C@@H](C)[C@H](C)OC(=O)Oc2ccccc2)cc1OC(=O)OCC(C)C. The summed E-state index contributed by atoms with van der Waals surface area (Å²) < 4.78 is 36.2. The number of ether oxygens (including phenoxy) is 7. The Hall–Kier alpha value is -4.32. The topological polar surface area (TPSA) is 159 Å². The maximum atomic E-state index is 12.7. The van der Waals surface area contributed by atoms with Gasteiger partial charge in [-0.15, -0.1) is 0 Å². The second-order valence-corrected chi connectivity index (χ2v) is 10.3. The lowest BCUT2D eigenvalue weighted by atomic mass is 10.1. The average molecular weight is 590 g/mol. The van der Waals surface area contributed by atoms with Crippen LogP contribution < -0.4 is 19.9 Å².